The van der Waals surface area contributed by atoms with Crippen molar-refractivity contribution in [1.82, 2.24) is 0 Å². The Morgan fingerprint density at radius 1 is 1.03 bits per heavy atom. The fraction of sp³-hybridized carbons (Fsp3) is 0.478. The Kier molecular flexibility index (Phi) is 12.3. The van der Waals surface area contributed by atoms with E-state index in [1.54, 1.807) is 12.1 Å². The van der Waals surface area contributed by atoms with Crippen LogP contribution in [0.5, 0.6) is 5.75 Å². The maximum absolute atomic E-state index is 12.8. The van der Waals surface area contributed by atoms with Crippen LogP contribution in [0.1, 0.15) is 31.9 Å². The minimum Gasteiger partial charge on any atom is -0.460 e. The zero-order chi connectivity index (χ0) is 26.1. The molecule has 200 valence electrons. The van der Waals surface area contributed by atoms with Crippen LogP contribution in [0.4, 0.5) is 0 Å². The van der Waals surface area contributed by atoms with Crippen molar-refractivity contribution in [3.8, 4) is 5.75 Å². The number of esters is 4. The highest BCUT2D eigenvalue weighted by atomic mass is 35.5. The van der Waals surface area contributed by atoms with Crippen molar-refractivity contribution in [3.05, 3.63) is 42.0 Å². The summed E-state index contributed by atoms with van der Waals surface area (Å²) >= 11 is 0. The normalized spacial score (nSPS) is 22.9. The highest BCUT2D eigenvalue weighted by Gasteiger charge is 2.56. The molecule has 1 fully saturated rings. The van der Waals surface area contributed by atoms with Crippen LogP contribution in [0.15, 0.2) is 30.9 Å². The van der Waals surface area contributed by atoms with Crippen LogP contribution < -0.4 is 10.5 Å². The van der Waals surface area contributed by atoms with Gasteiger partial charge in [0.15, 0.2) is 18.3 Å². The number of carbonyl (C=O) groups is 4. The molecule has 1 aromatic rings. The average molecular weight is 532 g/mol. The maximum atomic E-state index is 12.8. The minimum absolute atomic E-state index is 0. The molecule has 1 saturated heterocycles. The van der Waals surface area contributed by atoms with Gasteiger partial charge in [0, 0.05) is 32.9 Å². The highest BCUT2D eigenvalue weighted by Crippen LogP contribution is 2.32. The Hall–Kier alpha value is -3.19. The number of aliphatic hydroxyl groups excluding tert-OH is 1. The largest absolute Gasteiger partial charge is 0.460 e. The molecule has 0 radical (unpaired) electrons. The average Bonchev–Trinajstić information content (AvgIpc) is 2.80. The summed E-state index contributed by atoms with van der Waals surface area (Å²) in [6, 6.07) is 4.67. The quantitative estimate of drug-likeness (QED) is 0.246. The Bertz CT molecular complexity index is 954. The minimum atomic E-state index is -1.61. The number of carbonyl (C=O) groups excluding carboxylic acids is 4. The van der Waals surface area contributed by atoms with Gasteiger partial charge in [-0.3, -0.25) is 14.4 Å². The molecular formula is C23H30ClNO11. The Balaban J connectivity index is 0.00000648. The Morgan fingerprint density at radius 2 is 1.61 bits per heavy atom. The van der Waals surface area contributed by atoms with Crippen LogP contribution in [-0.2, 0) is 56.0 Å². The van der Waals surface area contributed by atoms with Crippen molar-refractivity contribution in [3.63, 3.8) is 0 Å². The highest BCUT2D eigenvalue weighted by molar-refractivity contribution is 5.85. The molecule has 0 bridgehead atoms. The summed E-state index contributed by atoms with van der Waals surface area (Å²) in [7, 11) is 0. The summed E-state index contributed by atoms with van der Waals surface area (Å²) in [6.07, 6.45) is -6.27. The van der Waals surface area contributed by atoms with Crippen molar-refractivity contribution in [1.29, 1.82) is 0 Å². The van der Waals surface area contributed by atoms with Gasteiger partial charge < -0.3 is 39.3 Å². The molecule has 0 saturated carbocycles. The molecule has 5 atom stereocenters. The molecular weight excluding hydrogens is 502 g/mol. The number of ether oxygens (including phenoxy) is 6. The SMILES string of the molecule is C=CCOC(=O)[C@H]1O[C@@H](Oc2ccc(CO)cc2CN)[C@H](OC(C)=O)[C@@H](OC(C)=O)[C@@H]1OC(C)=O.Cl. The van der Waals surface area contributed by atoms with E-state index >= 15 is 0 Å². The van der Waals surface area contributed by atoms with Crippen LogP contribution >= 0.6 is 12.4 Å². The third-order valence-corrected chi connectivity index (χ3v) is 4.75. The van der Waals surface area contributed by atoms with E-state index in [1.807, 2.05) is 0 Å². The van der Waals surface area contributed by atoms with Crippen LogP contribution in [0.3, 0.4) is 0 Å². The molecule has 36 heavy (non-hydrogen) atoms. The summed E-state index contributed by atoms with van der Waals surface area (Å²) in [5.74, 6) is -3.18. The standard InChI is InChI=1S/C23H29NO11.ClH/c1-5-8-30-22(29)20-18(31-12(2)26)19(32-13(3)27)21(33-14(4)28)23(35-20)34-17-7-6-15(11-25)9-16(17)10-24;/h5-7,9,18-21,23,25H,1,8,10-11,24H2,2-4H3;1H/t18-,19-,20-,21+,23+;/m0./s1. The molecule has 0 aliphatic carbocycles. The third kappa shape index (κ3) is 8.19. The van der Waals surface area contributed by atoms with Gasteiger partial charge in [-0.2, -0.15) is 0 Å². The third-order valence-electron chi connectivity index (χ3n) is 4.75. The molecule has 0 aromatic heterocycles. The number of benzene rings is 1. The molecule has 1 aromatic carbocycles. The summed E-state index contributed by atoms with van der Waals surface area (Å²) in [4.78, 5) is 48.4. The van der Waals surface area contributed by atoms with Gasteiger partial charge >= 0.3 is 23.9 Å². The zero-order valence-electron chi connectivity index (χ0n) is 20.0. The van der Waals surface area contributed by atoms with Gasteiger partial charge in [0.25, 0.3) is 0 Å². The number of rotatable bonds is 10. The van der Waals surface area contributed by atoms with Crippen molar-refractivity contribution in [2.75, 3.05) is 6.61 Å². The predicted octanol–water partition coefficient (Wildman–Crippen LogP) is 0.687. The first-order chi connectivity index (χ1) is 16.6. The van der Waals surface area contributed by atoms with Crippen molar-refractivity contribution >= 4 is 36.3 Å². The van der Waals surface area contributed by atoms with E-state index in [-0.39, 0.29) is 37.9 Å². The van der Waals surface area contributed by atoms with Crippen LogP contribution in [0, 0.1) is 0 Å². The smallest absolute Gasteiger partial charge is 0.339 e. The van der Waals surface area contributed by atoms with E-state index in [1.165, 1.54) is 12.1 Å². The van der Waals surface area contributed by atoms with Gasteiger partial charge in [-0.25, -0.2) is 4.79 Å². The lowest BCUT2D eigenvalue weighted by molar-refractivity contribution is -0.282. The lowest BCUT2D eigenvalue weighted by atomic mass is 9.97. The molecule has 1 heterocycles. The summed E-state index contributed by atoms with van der Waals surface area (Å²) in [5, 5.41) is 9.39. The first kappa shape index (κ1) is 30.8. The topological polar surface area (TPSA) is 170 Å². The molecule has 0 unspecified atom stereocenters. The molecule has 2 rings (SSSR count). The first-order valence-electron chi connectivity index (χ1n) is 10.6. The lowest BCUT2D eigenvalue weighted by Crippen LogP contribution is -2.64. The second-order valence-electron chi connectivity index (χ2n) is 7.49. The fourth-order valence-corrected chi connectivity index (χ4v) is 3.41. The van der Waals surface area contributed by atoms with Crippen molar-refractivity contribution in [2.45, 2.75) is 64.6 Å². The molecule has 3 N–H and O–H groups in total. The van der Waals surface area contributed by atoms with E-state index in [0.29, 0.717) is 11.1 Å². The van der Waals surface area contributed by atoms with E-state index < -0.39 is 54.6 Å². The van der Waals surface area contributed by atoms with Gasteiger partial charge in [-0.15, -0.1) is 12.4 Å². The second-order valence-corrected chi connectivity index (χ2v) is 7.49. The molecule has 1 aliphatic heterocycles. The van der Waals surface area contributed by atoms with Crippen LogP contribution in [0.25, 0.3) is 0 Å². The number of halogens is 1. The molecule has 0 amide bonds. The molecule has 13 heteroatoms. The van der Waals surface area contributed by atoms with Gasteiger partial charge in [0.05, 0.1) is 6.61 Å². The number of aliphatic hydroxyl groups is 1. The van der Waals surface area contributed by atoms with Crippen LogP contribution in [0.2, 0.25) is 0 Å². The summed E-state index contributed by atoms with van der Waals surface area (Å²) in [6.45, 7) is 6.34. The number of hydrogen-bond donors (Lipinski definition) is 2. The van der Waals surface area contributed by atoms with Crippen molar-refractivity contribution < 1.29 is 52.7 Å². The predicted molar refractivity (Wildman–Crippen MR) is 125 cm³/mol. The lowest BCUT2D eigenvalue weighted by Gasteiger charge is -2.43. The van der Waals surface area contributed by atoms with Gasteiger partial charge in [-0.05, 0) is 17.7 Å². The number of nitrogens with two attached hydrogens (primary N) is 1. The molecule has 1 aliphatic rings. The maximum Gasteiger partial charge on any atom is 0.339 e. The van der Waals surface area contributed by atoms with E-state index in [9.17, 15) is 24.3 Å². The van der Waals surface area contributed by atoms with Gasteiger partial charge in [0.2, 0.25) is 12.4 Å². The molecule has 0 spiro atoms. The van der Waals surface area contributed by atoms with Gasteiger partial charge in [-0.1, -0.05) is 18.7 Å². The van der Waals surface area contributed by atoms with E-state index in [2.05, 4.69) is 6.58 Å². The van der Waals surface area contributed by atoms with E-state index in [0.717, 1.165) is 20.8 Å². The number of hydrogen-bond acceptors (Lipinski definition) is 12. The Morgan fingerprint density at radius 3 is 2.14 bits per heavy atom. The second kappa shape index (κ2) is 14.4. The summed E-state index contributed by atoms with van der Waals surface area (Å²) in [5.41, 5.74) is 6.84. The first-order valence-corrected chi connectivity index (χ1v) is 10.6. The van der Waals surface area contributed by atoms with E-state index in [4.69, 9.17) is 34.2 Å². The monoisotopic (exact) mass is 531 g/mol. The van der Waals surface area contributed by atoms with Gasteiger partial charge in [0.1, 0.15) is 12.4 Å². The summed E-state index contributed by atoms with van der Waals surface area (Å²) < 4.78 is 32.7. The molecule has 12 nitrogen and oxygen atoms in total. The Labute approximate surface area is 214 Å². The van der Waals surface area contributed by atoms with Crippen LogP contribution in [-0.4, -0.2) is 66.3 Å². The fourth-order valence-electron chi connectivity index (χ4n) is 3.41. The zero-order valence-corrected chi connectivity index (χ0v) is 20.9. The van der Waals surface area contributed by atoms with Crippen molar-refractivity contribution in [2.24, 2.45) is 5.73 Å².